The molecule has 4 aliphatic rings. The molecule has 21 heavy (non-hydrogen) atoms. The molecule has 1 saturated carbocycles. The van der Waals surface area contributed by atoms with Gasteiger partial charge >= 0.3 is 6.03 Å². The zero-order valence-electron chi connectivity index (χ0n) is 12.2. The molecule has 3 heterocycles. The van der Waals surface area contributed by atoms with Crippen molar-refractivity contribution in [3.05, 3.63) is 11.9 Å². The minimum atomic E-state index is -0.441. The molecule has 2 fully saturated rings. The molecule has 0 aromatic heterocycles. The van der Waals surface area contributed by atoms with E-state index in [1.165, 1.54) is 17.7 Å². The lowest BCUT2D eigenvalue weighted by Crippen LogP contribution is -2.62. The fourth-order valence-corrected chi connectivity index (χ4v) is 3.83. The number of hydrogen-bond donors (Lipinski definition) is 1. The van der Waals surface area contributed by atoms with Gasteiger partial charge in [0, 0.05) is 25.0 Å². The second-order valence-corrected chi connectivity index (χ2v) is 6.18. The third kappa shape index (κ3) is 1.63. The van der Waals surface area contributed by atoms with E-state index in [0.717, 1.165) is 24.5 Å². The third-order valence-electron chi connectivity index (χ3n) is 4.89. The van der Waals surface area contributed by atoms with E-state index in [1.807, 2.05) is 11.1 Å². The maximum atomic E-state index is 12.2. The molecule has 1 aliphatic carbocycles. The number of nitrogens with one attached hydrogen (secondary N) is 1. The first-order valence-electron chi connectivity index (χ1n) is 7.49. The molecule has 0 bridgehead atoms. The Bertz CT molecular complexity index is 578. The van der Waals surface area contributed by atoms with Crippen LogP contribution in [0.25, 0.3) is 0 Å². The van der Waals surface area contributed by atoms with Crippen LogP contribution in [0.2, 0.25) is 0 Å². The summed E-state index contributed by atoms with van der Waals surface area (Å²) in [5.74, 6) is 0.560. The van der Waals surface area contributed by atoms with Gasteiger partial charge in [-0.2, -0.15) is 0 Å². The predicted octanol–water partition coefficient (Wildman–Crippen LogP) is 0.654. The van der Waals surface area contributed by atoms with Gasteiger partial charge in [0.05, 0.1) is 0 Å². The highest BCUT2D eigenvalue weighted by atomic mass is 16.2. The number of carbonyl (C=O) groups excluding carboxylic acids is 2. The number of hydrogen-bond acceptors (Lipinski definition) is 5. The largest absolute Gasteiger partial charge is 0.325 e. The van der Waals surface area contributed by atoms with Gasteiger partial charge in [0.25, 0.3) is 5.91 Å². The van der Waals surface area contributed by atoms with E-state index in [-0.39, 0.29) is 11.9 Å². The van der Waals surface area contributed by atoms with Crippen molar-refractivity contribution in [2.45, 2.75) is 50.9 Å². The van der Waals surface area contributed by atoms with Crippen molar-refractivity contribution in [1.82, 2.24) is 20.0 Å². The molecule has 112 valence electrons. The summed E-state index contributed by atoms with van der Waals surface area (Å²) in [4.78, 5) is 34.3. The van der Waals surface area contributed by atoms with Crippen LogP contribution in [0.5, 0.6) is 0 Å². The second kappa shape index (κ2) is 4.22. The fraction of sp³-hybridized carbons (Fsp3) is 0.643. The van der Waals surface area contributed by atoms with Gasteiger partial charge in [-0.3, -0.25) is 10.1 Å². The number of amides is 3. The van der Waals surface area contributed by atoms with Crippen LogP contribution in [-0.2, 0) is 4.79 Å². The number of likely N-dealkylation sites (N-methyl/N-ethyl adjacent to an activating group) is 1. The van der Waals surface area contributed by atoms with Crippen LogP contribution < -0.4 is 5.32 Å². The minimum absolute atomic E-state index is 0.265. The van der Waals surface area contributed by atoms with Crippen LogP contribution in [0.4, 0.5) is 4.79 Å². The second-order valence-electron chi connectivity index (χ2n) is 6.18. The SMILES string of the molecule is CC1=CN2C(=NC3C2C(=O)NC(=O)N3C)N1C1CCCC1. The van der Waals surface area contributed by atoms with Gasteiger partial charge in [0.2, 0.25) is 5.96 Å². The lowest BCUT2D eigenvalue weighted by molar-refractivity contribution is -0.126. The summed E-state index contributed by atoms with van der Waals surface area (Å²) in [7, 11) is 1.68. The smallest absolute Gasteiger partial charge is 0.312 e. The van der Waals surface area contributed by atoms with Crippen LogP contribution in [0.1, 0.15) is 32.6 Å². The van der Waals surface area contributed by atoms with Gasteiger partial charge in [0.1, 0.15) is 0 Å². The van der Waals surface area contributed by atoms with Crippen molar-refractivity contribution in [3.8, 4) is 0 Å². The number of carbonyl (C=O) groups is 2. The number of aliphatic imine (C=N–C) groups is 1. The van der Waals surface area contributed by atoms with Crippen molar-refractivity contribution in [1.29, 1.82) is 0 Å². The number of imide groups is 1. The Morgan fingerprint density at radius 3 is 2.71 bits per heavy atom. The molecular formula is C14H19N5O2. The van der Waals surface area contributed by atoms with E-state index in [1.54, 1.807) is 7.05 Å². The predicted molar refractivity (Wildman–Crippen MR) is 76.0 cm³/mol. The summed E-state index contributed by atoms with van der Waals surface area (Å²) in [6, 6.07) is -0.349. The van der Waals surface area contributed by atoms with Gasteiger partial charge in [-0.15, -0.1) is 0 Å². The van der Waals surface area contributed by atoms with Crippen LogP contribution in [0.3, 0.4) is 0 Å². The van der Waals surface area contributed by atoms with E-state index in [0.29, 0.717) is 6.04 Å². The maximum Gasteiger partial charge on any atom is 0.325 e. The average Bonchev–Trinajstić information content (AvgIpc) is 3.10. The van der Waals surface area contributed by atoms with E-state index in [9.17, 15) is 9.59 Å². The van der Waals surface area contributed by atoms with Crippen LogP contribution >= 0.6 is 0 Å². The first-order valence-corrected chi connectivity index (χ1v) is 7.49. The number of urea groups is 1. The van der Waals surface area contributed by atoms with Gasteiger partial charge in [0.15, 0.2) is 12.2 Å². The number of allylic oxidation sites excluding steroid dienone is 1. The standard InChI is InChI=1S/C14H19N5O2/c1-8-7-18-10-11(17(2)14(21)16-12(10)20)15-13(18)19(8)9-5-3-4-6-9/h7,9-11H,3-6H2,1-2H3,(H,16,20,21). The fourth-order valence-electron chi connectivity index (χ4n) is 3.83. The molecule has 0 aromatic carbocycles. The van der Waals surface area contributed by atoms with Crippen molar-refractivity contribution in [3.63, 3.8) is 0 Å². The van der Waals surface area contributed by atoms with E-state index >= 15 is 0 Å². The molecule has 0 spiro atoms. The molecule has 3 aliphatic heterocycles. The number of guanidine groups is 1. The summed E-state index contributed by atoms with van der Waals surface area (Å²) in [6.45, 7) is 2.06. The van der Waals surface area contributed by atoms with Crippen molar-refractivity contribution >= 4 is 17.9 Å². The van der Waals surface area contributed by atoms with E-state index < -0.39 is 12.2 Å². The first kappa shape index (κ1) is 12.7. The molecule has 7 heteroatoms. The summed E-state index contributed by atoms with van der Waals surface area (Å²) >= 11 is 0. The normalized spacial score (nSPS) is 32.2. The van der Waals surface area contributed by atoms with Crippen molar-refractivity contribution in [2.24, 2.45) is 4.99 Å². The van der Waals surface area contributed by atoms with Gasteiger partial charge in [-0.25, -0.2) is 9.79 Å². The summed E-state index contributed by atoms with van der Waals surface area (Å²) in [6.07, 6.45) is 6.38. The third-order valence-corrected chi connectivity index (χ3v) is 4.89. The van der Waals surface area contributed by atoms with Crippen molar-refractivity contribution < 1.29 is 9.59 Å². The zero-order valence-corrected chi connectivity index (χ0v) is 12.2. The van der Waals surface area contributed by atoms with Crippen LogP contribution in [0.15, 0.2) is 16.9 Å². The number of fused-ring (bicyclic) bond motifs is 3. The molecule has 2 atom stereocenters. The number of rotatable bonds is 1. The molecular weight excluding hydrogens is 270 g/mol. The Morgan fingerprint density at radius 2 is 2.00 bits per heavy atom. The van der Waals surface area contributed by atoms with E-state index in [2.05, 4.69) is 17.1 Å². The van der Waals surface area contributed by atoms with Crippen LogP contribution in [-0.4, -0.2) is 57.9 Å². The molecule has 0 radical (unpaired) electrons. The molecule has 2 unspecified atom stereocenters. The average molecular weight is 289 g/mol. The van der Waals surface area contributed by atoms with E-state index in [4.69, 9.17) is 4.99 Å². The zero-order chi connectivity index (χ0) is 14.7. The van der Waals surface area contributed by atoms with Crippen LogP contribution in [0, 0.1) is 0 Å². The number of nitrogens with zero attached hydrogens (tertiary/aromatic N) is 4. The Kier molecular flexibility index (Phi) is 2.55. The molecule has 0 aromatic rings. The highest BCUT2D eigenvalue weighted by Crippen LogP contribution is 2.36. The molecule has 1 saturated heterocycles. The lowest BCUT2D eigenvalue weighted by Gasteiger charge is -2.34. The van der Waals surface area contributed by atoms with Gasteiger partial charge < -0.3 is 14.7 Å². The van der Waals surface area contributed by atoms with Crippen molar-refractivity contribution in [2.75, 3.05) is 7.05 Å². The van der Waals surface area contributed by atoms with Gasteiger partial charge in [-0.05, 0) is 19.8 Å². The Morgan fingerprint density at radius 1 is 1.29 bits per heavy atom. The highest BCUT2D eigenvalue weighted by molar-refractivity contribution is 6.04. The molecule has 3 amide bonds. The molecule has 7 nitrogen and oxygen atoms in total. The highest BCUT2D eigenvalue weighted by Gasteiger charge is 2.52. The summed E-state index contributed by atoms with van der Waals surface area (Å²) in [5, 5.41) is 2.40. The monoisotopic (exact) mass is 289 g/mol. The van der Waals surface area contributed by atoms with Gasteiger partial charge in [-0.1, -0.05) is 12.8 Å². The summed E-state index contributed by atoms with van der Waals surface area (Å²) in [5.41, 5.74) is 1.13. The summed E-state index contributed by atoms with van der Waals surface area (Å²) < 4.78 is 0. The first-order chi connectivity index (χ1) is 10.1. The molecule has 4 rings (SSSR count). The maximum absolute atomic E-state index is 12.2. The Hall–Kier alpha value is -2.05. The lowest BCUT2D eigenvalue weighted by atomic mass is 10.1. The topological polar surface area (TPSA) is 68.2 Å². The molecule has 1 N–H and O–H groups in total. The Balaban J connectivity index is 1.70. The minimum Gasteiger partial charge on any atom is -0.312 e. The Labute approximate surface area is 123 Å². The quantitative estimate of drug-likeness (QED) is 0.770.